The summed E-state index contributed by atoms with van der Waals surface area (Å²) in [6.07, 6.45) is 1.31. The highest BCUT2D eigenvalue weighted by Gasteiger charge is 2.13. The van der Waals surface area contributed by atoms with Gasteiger partial charge in [0, 0.05) is 11.8 Å². The number of benzene rings is 1. The standard InChI is InChI=1S/C13H10ClNO5/c14-12-10(4-5-19-12)13(18)15-8-2-1-3-9(6-8)20-7-11(16)17/h1-6H,7H2,(H,15,18)(H,16,17). The minimum absolute atomic E-state index is 0.000724. The van der Waals surface area contributed by atoms with E-state index in [2.05, 4.69) is 5.32 Å². The van der Waals surface area contributed by atoms with Gasteiger partial charge in [0.15, 0.2) is 6.61 Å². The molecule has 0 saturated heterocycles. The Morgan fingerprint density at radius 1 is 1.35 bits per heavy atom. The maximum atomic E-state index is 11.9. The van der Waals surface area contributed by atoms with Crippen molar-refractivity contribution in [3.8, 4) is 5.75 Å². The van der Waals surface area contributed by atoms with E-state index in [1.165, 1.54) is 18.4 Å². The van der Waals surface area contributed by atoms with Gasteiger partial charge in [-0.15, -0.1) is 0 Å². The van der Waals surface area contributed by atoms with E-state index < -0.39 is 18.5 Å². The number of carbonyl (C=O) groups is 2. The molecule has 2 N–H and O–H groups in total. The zero-order valence-corrected chi connectivity index (χ0v) is 10.9. The van der Waals surface area contributed by atoms with Gasteiger partial charge < -0.3 is 19.6 Å². The lowest BCUT2D eigenvalue weighted by Gasteiger charge is -2.07. The second kappa shape index (κ2) is 6.12. The summed E-state index contributed by atoms with van der Waals surface area (Å²) in [6.45, 7) is -0.453. The van der Waals surface area contributed by atoms with E-state index in [1.807, 2.05) is 0 Å². The predicted octanol–water partition coefficient (Wildman–Crippen LogP) is 2.65. The number of carboxylic acid groups (broad SMARTS) is 1. The monoisotopic (exact) mass is 295 g/mol. The molecule has 0 spiro atoms. The Kier molecular flexibility index (Phi) is 4.27. The number of halogens is 1. The predicted molar refractivity (Wildman–Crippen MR) is 71.2 cm³/mol. The van der Waals surface area contributed by atoms with Gasteiger partial charge >= 0.3 is 5.97 Å². The van der Waals surface area contributed by atoms with E-state index >= 15 is 0 Å². The lowest BCUT2D eigenvalue weighted by Crippen LogP contribution is -2.12. The lowest BCUT2D eigenvalue weighted by molar-refractivity contribution is -0.139. The van der Waals surface area contributed by atoms with Crippen molar-refractivity contribution >= 4 is 29.2 Å². The molecule has 6 nitrogen and oxygen atoms in total. The van der Waals surface area contributed by atoms with Crippen LogP contribution in [0.2, 0.25) is 5.22 Å². The summed E-state index contributed by atoms with van der Waals surface area (Å²) in [7, 11) is 0. The molecule has 0 aliphatic heterocycles. The molecule has 1 aromatic carbocycles. The Morgan fingerprint density at radius 3 is 2.80 bits per heavy atom. The van der Waals surface area contributed by atoms with Crippen molar-refractivity contribution in [2.24, 2.45) is 0 Å². The van der Waals surface area contributed by atoms with Crippen LogP contribution in [0.1, 0.15) is 10.4 Å². The van der Waals surface area contributed by atoms with Crippen molar-refractivity contribution in [1.82, 2.24) is 0 Å². The molecule has 7 heteroatoms. The fourth-order valence-corrected chi connectivity index (χ4v) is 1.66. The van der Waals surface area contributed by atoms with E-state index in [1.54, 1.807) is 18.2 Å². The third kappa shape index (κ3) is 3.52. The van der Waals surface area contributed by atoms with Crippen LogP contribution in [0, 0.1) is 0 Å². The summed E-state index contributed by atoms with van der Waals surface area (Å²) in [5.74, 6) is -1.17. The number of amides is 1. The SMILES string of the molecule is O=C(O)COc1cccc(NC(=O)c2ccoc2Cl)c1. The molecule has 0 radical (unpaired) electrons. The summed E-state index contributed by atoms with van der Waals surface area (Å²) >= 11 is 5.70. The molecular weight excluding hydrogens is 286 g/mol. The fraction of sp³-hybridized carbons (Fsp3) is 0.0769. The fourth-order valence-electron chi connectivity index (χ4n) is 1.46. The van der Waals surface area contributed by atoms with Crippen LogP contribution in [-0.4, -0.2) is 23.6 Å². The highest BCUT2D eigenvalue weighted by molar-refractivity contribution is 6.32. The maximum Gasteiger partial charge on any atom is 0.341 e. The van der Waals surface area contributed by atoms with Gasteiger partial charge in [-0.25, -0.2) is 4.79 Å². The van der Waals surface area contributed by atoms with Gasteiger partial charge in [0.2, 0.25) is 5.22 Å². The molecule has 1 heterocycles. The summed E-state index contributed by atoms with van der Waals surface area (Å²) in [6, 6.07) is 7.81. The molecule has 0 atom stereocenters. The van der Waals surface area contributed by atoms with Crippen molar-refractivity contribution in [3.63, 3.8) is 0 Å². The van der Waals surface area contributed by atoms with Crippen LogP contribution >= 0.6 is 11.6 Å². The number of furan rings is 1. The number of aliphatic carboxylic acids is 1. The molecule has 2 aromatic rings. The molecule has 0 unspecified atom stereocenters. The third-order valence-corrected chi connectivity index (χ3v) is 2.61. The van der Waals surface area contributed by atoms with Gasteiger partial charge in [0.1, 0.15) is 5.75 Å². The van der Waals surface area contributed by atoms with Crippen LogP contribution in [0.25, 0.3) is 0 Å². The number of carboxylic acids is 1. The first-order valence-electron chi connectivity index (χ1n) is 5.55. The van der Waals surface area contributed by atoms with Gasteiger partial charge in [-0.2, -0.15) is 0 Å². The number of ether oxygens (including phenoxy) is 1. The lowest BCUT2D eigenvalue weighted by atomic mass is 10.2. The highest BCUT2D eigenvalue weighted by atomic mass is 35.5. The van der Waals surface area contributed by atoms with Crippen molar-refractivity contribution in [1.29, 1.82) is 0 Å². The Balaban J connectivity index is 2.06. The summed E-state index contributed by atoms with van der Waals surface area (Å²) in [5, 5.41) is 11.1. The Labute approximate surface area is 118 Å². The highest BCUT2D eigenvalue weighted by Crippen LogP contribution is 2.21. The summed E-state index contributed by atoms with van der Waals surface area (Å²) in [5.41, 5.74) is 0.665. The van der Waals surface area contributed by atoms with Crippen molar-refractivity contribution in [2.75, 3.05) is 11.9 Å². The first-order valence-corrected chi connectivity index (χ1v) is 5.93. The van der Waals surface area contributed by atoms with Crippen molar-refractivity contribution < 1.29 is 23.8 Å². The summed E-state index contributed by atoms with van der Waals surface area (Å²) in [4.78, 5) is 22.3. The van der Waals surface area contributed by atoms with Crippen LogP contribution < -0.4 is 10.1 Å². The summed E-state index contributed by atoms with van der Waals surface area (Å²) < 4.78 is 9.84. The molecular formula is C13H10ClNO5. The molecule has 0 fully saturated rings. The van der Waals surface area contributed by atoms with E-state index in [-0.39, 0.29) is 10.8 Å². The number of rotatable bonds is 5. The average Bonchev–Trinajstić information content (AvgIpc) is 2.83. The normalized spacial score (nSPS) is 10.1. The van der Waals surface area contributed by atoms with Gasteiger partial charge in [-0.3, -0.25) is 4.79 Å². The van der Waals surface area contributed by atoms with E-state index in [0.717, 1.165) is 0 Å². The number of hydrogen-bond donors (Lipinski definition) is 2. The molecule has 104 valence electrons. The van der Waals surface area contributed by atoms with Gasteiger partial charge in [-0.1, -0.05) is 6.07 Å². The van der Waals surface area contributed by atoms with Gasteiger partial charge in [-0.05, 0) is 29.8 Å². The van der Waals surface area contributed by atoms with E-state index in [9.17, 15) is 9.59 Å². The number of hydrogen-bond acceptors (Lipinski definition) is 4. The molecule has 0 aliphatic carbocycles. The number of carbonyl (C=O) groups excluding carboxylic acids is 1. The third-order valence-electron chi connectivity index (χ3n) is 2.32. The quantitative estimate of drug-likeness (QED) is 0.885. The topological polar surface area (TPSA) is 88.8 Å². The molecule has 2 rings (SSSR count). The average molecular weight is 296 g/mol. The Hall–Kier alpha value is -2.47. The van der Waals surface area contributed by atoms with Crippen LogP contribution in [0.5, 0.6) is 5.75 Å². The number of nitrogens with one attached hydrogen (secondary N) is 1. The van der Waals surface area contributed by atoms with Crippen LogP contribution in [0.3, 0.4) is 0 Å². The molecule has 0 aliphatic rings. The molecule has 20 heavy (non-hydrogen) atoms. The van der Waals surface area contributed by atoms with Crippen molar-refractivity contribution in [2.45, 2.75) is 0 Å². The van der Waals surface area contributed by atoms with Gasteiger partial charge in [0.05, 0.1) is 11.8 Å². The number of anilines is 1. The minimum Gasteiger partial charge on any atom is -0.482 e. The molecule has 0 bridgehead atoms. The smallest absolute Gasteiger partial charge is 0.341 e. The zero-order chi connectivity index (χ0) is 14.5. The van der Waals surface area contributed by atoms with Crippen molar-refractivity contribution in [3.05, 3.63) is 47.4 Å². The van der Waals surface area contributed by atoms with Crippen LogP contribution in [0.4, 0.5) is 5.69 Å². The first-order chi connectivity index (χ1) is 9.56. The largest absolute Gasteiger partial charge is 0.482 e. The molecule has 0 saturated carbocycles. The van der Waals surface area contributed by atoms with E-state index in [4.69, 9.17) is 25.9 Å². The molecule has 1 aromatic heterocycles. The Morgan fingerprint density at radius 2 is 2.15 bits per heavy atom. The van der Waals surface area contributed by atoms with E-state index in [0.29, 0.717) is 11.4 Å². The zero-order valence-electron chi connectivity index (χ0n) is 10.1. The van der Waals surface area contributed by atoms with Crippen LogP contribution in [-0.2, 0) is 4.79 Å². The maximum absolute atomic E-state index is 11.9. The second-order valence-corrected chi connectivity index (χ2v) is 4.12. The first kappa shape index (κ1) is 14.0. The minimum atomic E-state index is -1.08. The second-order valence-electron chi connectivity index (χ2n) is 3.77. The van der Waals surface area contributed by atoms with Gasteiger partial charge in [0.25, 0.3) is 5.91 Å². The molecule has 1 amide bonds. The van der Waals surface area contributed by atoms with Crippen LogP contribution in [0.15, 0.2) is 41.0 Å². The Bertz CT molecular complexity index is 637.